The molecule has 3 nitrogen and oxygen atoms in total. The summed E-state index contributed by atoms with van der Waals surface area (Å²) < 4.78 is 25.2. The lowest BCUT2D eigenvalue weighted by Crippen LogP contribution is -2.17. The summed E-state index contributed by atoms with van der Waals surface area (Å²) in [6.07, 6.45) is -2.46. The number of rotatable bonds is 5. The van der Waals surface area contributed by atoms with Crippen LogP contribution in [0.1, 0.15) is 27.9 Å². The number of hydrogen-bond acceptors (Lipinski definition) is 2. The first-order chi connectivity index (χ1) is 10.1. The van der Waals surface area contributed by atoms with Crippen LogP contribution >= 0.6 is 0 Å². The van der Waals surface area contributed by atoms with E-state index in [1.54, 1.807) is 43.4 Å². The van der Waals surface area contributed by atoms with Crippen LogP contribution < -0.4 is 10.6 Å². The molecule has 1 amide bonds. The predicted octanol–water partition coefficient (Wildman–Crippen LogP) is 3.60. The van der Waals surface area contributed by atoms with Gasteiger partial charge in [0, 0.05) is 30.4 Å². The highest BCUT2D eigenvalue weighted by Gasteiger charge is 2.07. The van der Waals surface area contributed by atoms with Crippen LogP contribution in [0, 0.1) is 0 Å². The first-order valence-corrected chi connectivity index (χ1v) is 6.53. The maximum Gasteiger partial charge on any atom is 0.263 e. The molecule has 0 bridgehead atoms. The highest BCUT2D eigenvalue weighted by molar-refractivity contribution is 5.94. The molecule has 0 aliphatic rings. The molecule has 21 heavy (non-hydrogen) atoms. The Bertz CT molecular complexity index is 612. The van der Waals surface area contributed by atoms with Gasteiger partial charge in [0.15, 0.2) is 0 Å². The number of carbonyl (C=O) groups excluding carboxylic acids is 1. The zero-order valence-electron chi connectivity index (χ0n) is 11.6. The molecule has 0 unspecified atom stereocenters. The fraction of sp³-hybridized carbons (Fsp3) is 0.188. The quantitative estimate of drug-likeness (QED) is 0.883. The van der Waals surface area contributed by atoms with Gasteiger partial charge < -0.3 is 10.6 Å². The fourth-order valence-corrected chi connectivity index (χ4v) is 1.93. The van der Waals surface area contributed by atoms with Crippen LogP contribution in [0.25, 0.3) is 0 Å². The Kier molecular flexibility index (Phi) is 4.87. The van der Waals surface area contributed by atoms with Crippen molar-refractivity contribution in [1.82, 2.24) is 5.32 Å². The minimum atomic E-state index is -2.46. The van der Waals surface area contributed by atoms with Crippen molar-refractivity contribution in [3.63, 3.8) is 0 Å². The summed E-state index contributed by atoms with van der Waals surface area (Å²) in [5.41, 5.74) is 2.19. The van der Waals surface area contributed by atoms with E-state index in [-0.39, 0.29) is 11.5 Å². The van der Waals surface area contributed by atoms with Crippen molar-refractivity contribution in [2.24, 2.45) is 0 Å². The molecule has 0 aliphatic carbocycles. The van der Waals surface area contributed by atoms with Gasteiger partial charge in [-0.2, -0.15) is 0 Å². The highest BCUT2D eigenvalue weighted by Crippen LogP contribution is 2.20. The van der Waals surface area contributed by atoms with E-state index >= 15 is 0 Å². The van der Waals surface area contributed by atoms with Gasteiger partial charge in [-0.1, -0.05) is 18.2 Å². The Morgan fingerprint density at radius 3 is 2.48 bits per heavy atom. The number of carbonyl (C=O) groups is 1. The maximum absolute atomic E-state index is 12.6. The van der Waals surface area contributed by atoms with Crippen molar-refractivity contribution in [2.75, 3.05) is 12.4 Å². The van der Waals surface area contributed by atoms with E-state index in [1.165, 1.54) is 12.1 Å². The number of anilines is 1. The lowest BCUT2D eigenvalue weighted by atomic mass is 10.1. The SMILES string of the molecule is CNC(=O)c1ccc(NCc2cccc(C(F)F)c2)cc1. The molecule has 0 aromatic heterocycles. The monoisotopic (exact) mass is 290 g/mol. The van der Waals surface area contributed by atoms with Gasteiger partial charge in [0.2, 0.25) is 0 Å². The Hall–Kier alpha value is -2.43. The summed E-state index contributed by atoms with van der Waals surface area (Å²) >= 11 is 0. The van der Waals surface area contributed by atoms with E-state index in [0.717, 1.165) is 11.3 Å². The summed E-state index contributed by atoms with van der Waals surface area (Å²) in [5.74, 6) is -0.147. The van der Waals surface area contributed by atoms with Crippen molar-refractivity contribution >= 4 is 11.6 Å². The molecule has 2 aromatic rings. The second-order valence-electron chi connectivity index (χ2n) is 4.56. The lowest BCUT2D eigenvalue weighted by molar-refractivity contribution is 0.0963. The van der Waals surface area contributed by atoms with Crippen LogP contribution in [-0.2, 0) is 6.54 Å². The first-order valence-electron chi connectivity index (χ1n) is 6.53. The zero-order valence-corrected chi connectivity index (χ0v) is 11.6. The van der Waals surface area contributed by atoms with Crippen LogP contribution in [0.2, 0.25) is 0 Å². The minimum Gasteiger partial charge on any atom is -0.381 e. The number of benzene rings is 2. The molecule has 110 valence electrons. The van der Waals surface area contributed by atoms with Crippen LogP contribution in [0.4, 0.5) is 14.5 Å². The molecule has 0 fully saturated rings. The number of amides is 1. The summed E-state index contributed by atoms with van der Waals surface area (Å²) in [6, 6.07) is 13.3. The number of nitrogens with one attached hydrogen (secondary N) is 2. The lowest BCUT2D eigenvalue weighted by Gasteiger charge is -2.09. The zero-order chi connectivity index (χ0) is 15.2. The molecule has 0 radical (unpaired) electrons. The molecule has 0 atom stereocenters. The van der Waals surface area contributed by atoms with Gasteiger partial charge in [0.1, 0.15) is 0 Å². The molecule has 2 rings (SSSR count). The third-order valence-electron chi connectivity index (χ3n) is 3.07. The van der Waals surface area contributed by atoms with Gasteiger partial charge in [0.05, 0.1) is 0 Å². The molecule has 2 aromatic carbocycles. The summed E-state index contributed by atoms with van der Waals surface area (Å²) in [7, 11) is 1.57. The molecule has 5 heteroatoms. The van der Waals surface area contributed by atoms with Crippen molar-refractivity contribution < 1.29 is 13.6 Å². The molecule has 0 spiro atoms. The molecular weight excluding hydrogens is 274 g/mol. The van der Waals surface area contributed by atoms with Crippen molar-refractivity contribution in [2.45, 2.75) is 13.0 Å². The third kappa shape index (κ3) is 4.02. The van der Waals surface area contributed by atoms with E-state index in [4.69, 9.17) is 0 Å². The van der Waals surface area contributed by atoms with Gasteiger partial charge in [-0.05, 0) is 35.9 Å². The van der Waals surface area contributed by atoms with Crippen molar-refractivity contribution in [3.05, 3.63) is 65.2 Å². The van der Waals surface area contributed by atoms with E-state index < -0.39 is 6.43 Å². The van der Waals surface area contributed by atoms with Gasteiger partial charge >= 0.3 is 0 Å². The van der Waals surface area contributed by atoms with E-state index in [9.17, 15) is 13.6 Å². The van der Waals surface area contributed by atoms with Crippen LogP contribution in [0.5, 0.6) is 0 Å². The molecule has 0 heterocycles. The molecular formula is C16H16F2N2O. The van der Waals surface area contributed by atoms with Crippen LogP contribution in [0.3, 0.4) is 0 Å². The number of alkyl halides is 2. The minimum absolute atomic E-state index is 0.0178. The number of hydrogen-bond donors (Lipinski definition) is 2. The van der Waals surface area contributed by atoms with E-state index in [0.29, 0.717) is 12.1 Å². The molecule has 2 N–H and O–H groups in total. The summed E-state index contributed by atoms with van der Waals surface area (Å²) in [4.78, 5) is 11.4. The van der Waals surface area contributed by atoms with Gasteiger partial charge in [-0.3, -0.25) is 4.79 Å². The normalized spacial score (nSPS) is 10.5. The topological polar surface area (TPSA) is 41.1 Å². The predicted molar refractivity (Wildman–Crippen MR) is 78.6 cm³/mol. The smallest absolute Gasteiger partial charge is 0.263 e. The Morgan fingerprint density at radius 1 is 1.14 bits per heavy atom. The van der Waals surface area contributed by atoms with E-state index in [1.807, 2.05) is 0 Å². The van der Waals surface area contributed by atoms with Crippen LogP contribution in [0.15, 0.2) is 48.5 Å². The second kappa shape index (κ2) is 6.83. The average Bonchev–Trinajstić information content (AvgIpc) is 2.53. The van der Waals surface area contributed by atoms with Gasteiger partial charge in [-0.25, -0.2) is 8.78 Å². The van der Waals surface area contributed by atoms with Crippen molar-refractivity contribution in [3.8, 4) is 0 Å². The van der Waals surface area contributed by atoms with Gasteiger partial charge in [-0.15, -0.1) is 0 Å². The van der Waals surface area contributed by atoms with E-state index in [2.05, 4.69) is 10.6 Å². The Morgan fingerprint density at radius 2 is 1.86 bits per heavy atom. The Labute approximate surface area is 122 Å². The third-order valence-corrected chi connectivity index (χ3v) is 3.07. The maximum atomic E-state index is 12.6. The van der Waals surface area contributed by atoms with Crippen molar-refractivity contribution in [1.29, 1.82) is 0 Å². The standard InChI is InChI=1S/C16H16F2N2O/c1-19-16(21)12-5-7-14(8-6-12)20-10-11-3-2-4-13(9-11)15(17)18/h2-9,15,20H,10H2,1H3,(H,19,21). The fourth-order valence-electron chi connectivity index (χ4n) is 1.93. The molecule has 0 saturated carbocycles. The Balaban J connectivity index is 2.00. The molecule has 0 aliphatic heterocycles. The van der Waals surface area contributed by atoms with Crippen LogP contribution in [-0.4, -0.2) is 13.0 Å². The second-order valence-corrected chi connectivity index (χ2v) is 4.56. The largest absolute Gasteiger partial charge is 0.381 e. The van der Waals surface area contributed by atoms with Gasteiger partial charge in [0.25, 0.3) is 12.3 Å². The summed E-state index contributed by atoms with van der Waals surface area (Å²) in [5, 5.41) is 5.68. The first kappa shape index (κ1) is 15.0. The molecule has 0 saturated heterocycles. The average molecular weight is 290 g/mol. The summed E-state index contributed by atoms with van der Waals surface area (Å²) in [6.45, 7) is 0.444. The highest BCUT2D eigenvalue weighted by atomic mass is 19.3. The number of halogens is 2.